The van der Waals surface area contributed by atoms with Gasteiger partial charge >= 0.3 is 0 Å². The maximum Gasteiger partial charge on any atom is 0.271 e. The van der Waals surface area contributed by atoms with Gasteiger partial charge in [-0.05, 0) is 18.2 Å². The lowest BCUT2D eigenvalue weighted by Gasteiger charge is -2.17. The molecule has 1 aromatic carbocycles. The number of halogens is 1. The minimum atomic E-state index is -0.0691. The summed E-state index contributed by atoms with van der Waals surface area (Å²) >= 11 is 3.44. The Morgan fingerprint density at radius 2 is 2.29 bits per heavy atom. The minimum absolute atomic E-state index is 0.0691. The standard InChI is InChI=1S/C12H11BrN2O2/c1-17-11-8-6-7(13)2-3-9(8)15-5-4-14-12(16)10(11)15/h2-3,6H,4-5H2,1H3,(H,14,16). The molecule has 0 fully saturated rings. The molecule has 4 nitrogen and oxygen atoms in total. The van der Waals surface area contributed by atoms with Crippen LogP contribution in [0, 0.1) is 0 Å². The molecule has 1 aromatic heterocycles. The summed E-state index contributed by atoms with van der Waals surface area (Å²) < 4.78 is 8.38. The monoisotopic (exact) mass is 294 g/mol. The van der Waals surface area contributed by atoms with E-state index in [0.717, 1.165) is 21.9 Å². The van der Waals surface area contributed by atoms with Crippen LogP contribution in [0.2, 0.25) is 0 Å². The molecule has 0 spiro atoms. The Morgan fingerprint density at radius 1 is 1.47 bits per heavy atom. The number of hydrogen-bond donors (Lipinski definition) is 1. The van der Waals surface area contributed by atoms with E-state index < -0.39 is 0 Å². The second kappa shape index (κ2) is 3.77. The number of nitrogens with one attached hydrogen (secondary N) is 1. The van der Waals surface area contributed by atoms with Crippen molar-refractivity contribution in [1.29, 1.82) is 0 Å². The number of amides is 1. The molecule has 1 aliphatic heterocycles. The van der Waals surface area contributed by atoms with E-state index in [4.69, 9.17) is 4.74 Å². The molecule has 0 aliphatic carbocycles. The number of carbonyl (C=O) groups excluding carboxylic acids is 1. The third kappa shape index (κ3) is 1.45. The van der Waals surface area contributed by atoms with Gasteiger partial charge in [0, 0.05) is 22.9 Å². The summed E-state index contributed by atoms with van der Waals surface area (Å²) in [4.78, 5) is 11.9. The van der Waals surface area contributed by atoms with E-state index in [9.17, 15) is 4.79 Å². The second-order valence-electron chi connectivity index (χ2n) is 3.95. The summed E-state index contributed by atoms with van der Waals surface area (Å²) in [7, 11) is 1.60. The Balaban J connectivity index is 2.42. The molecule has 5 heteroatoms. The number of hydrogen-bond acceptors (Lipinski definition) is 2. The van der Waals surface area contributed by atoms with Crippen molar-refractivity contribution in [1.82, 2.24) is 9.88 Å². The summed E-state index contributed by atoms with van der Waals surface area (Å²) in [6.07, 6.45) is 0. The Bertz CT molecular complexity index is 618. The van der Waals surface area contributed by atoms with Crippen LogP contribution < -0.4 is 10.1 Å². The average molecular weight is 295 g/mol. The fraction of sp³-hybridized carbons (Fsp3) is 0.250. The minimum Gasteiger partial charge on any atom is -0.494 e. The first-order chi connectivity index (χ1) is 8.22. The number of carbonyl (C=O) groups is 1. The zero-order valence-electron chi connectivity index (χ0n) is 9.29. The summed E-state index contributed by atoms with van der Waals surface area (Å²) in [5, 5.41) is 3.80. The number of aromatic nitrogens is 1. The highest BCUT2D eigenvalue weighted by molar-refractivity contribution is 9.10. The van der Waals surface area contributed by atoms with Gasteiger partial charge in [-0.15, -0.1) is 0 Å². The largest absolute Gasteiger partial charge is 0.494 e. The highest BCUT2D eigenvalue weighted by Gasteiger charge is 2.26. The van der Waals surface area contributed by atoms with Crippen molar-refractivity contribution >= 4 is 32.7 Å². The molecule has 1 N–H and O–H groups in total. The third-order valence-corrected chi connectivity index (χ3v) is 3.51. The van der Waals surface area contributed by atoms with Crippen molar-refractivity contribution in [2.24, 2.45) is 0 Å². The van der Waals surface area contributed by atoms with Crippen molar-refractivity contribution in [3.63, 3.8) is 0 Å². The normalized spacial score (nSPS) is 14.6. The molecule has 2 heterocycles. The van der Waals surface area contributed by atoms with Gasteiger partial charge in [0.1, 0.15) is 0 Å². The van der Waals surface area contributed by atoms with E-state index in [2.05, 4.69) is 21.2 Å². The quantitative estimate of drug-likeness (QED) is 0.876. The van der Waals surface area contributed by atoms with Gasteiger partial charge in [-0.25, -0.2) is 0 Å². The third-order valence-electron chi connectivity index (χ3n) is 3.02. The molecular weight excluding hydrogens is 284 g/mol. The van der Waals surface area contributed by atoms with E-state index in [1.54, 1.807) is 7.11 Å². The Kier molecular flexibility index (Phi) is 2.36. The van der Waals surface area contributed by atoms with E-state index in [1.807, 2.05) is 22.8 Å². The Morgan fingerprint density at radius 3 is 3.06 bits per heavy atom. The van der Waals surface area contributed by atoms with Gasteiger partial charge in [-0.1, -0.05) is 15.9 Å². The molecule has 2 aromatic rings. The average Bonchev–Trinajstić information content (AvgIpc) is 2.63. The molecule has 0 saturated carbocycles. The lowest BCUT2D eigenvalue weighted by Crippen LogP contribution is -2.35. The predicted molar refractivity (Wildman–Crippen MR) is 68.5 cm³/mol. The molecule has 0 atom stereocenters. The van der Waals surface area contributed by atoms with Crippen LogP contribution in [0.1, 0.15) is 10.5 Å². The number of nitrogens with zero attached hydrogens (tertiary/aromatic N) is 1. The first kappa shape index (κ1) is 10.7. The molecule has 0 bridgehead atoms. The Hall–Kier alpha value is -1.49. The van der Waals surface area contributed by atoms with Crippen molar-refractivity contribution in [3.05, 3.63) is 28.4 Å². The first-order valence-corrected chi connectivity index (χ1v) is 6.15. The van der Waals surface area contributed by atoms with Crippen molar-refractivity contribution in [2.75, 3.05) is 13.7 Å². The van der Waals surface area contributed by atoms with Gasteiger partial charge in [-0.2, -0.15) is 0 Å². The van der Waals surface area contributed by atoms with Gasteiger partial charge in [0.2, 0.25) is 0 Å². The maximum atomic E-state index is 11.9. The first-order valence-electron chi connectivity index (χ1n) is 5.36. The molecule has 88 valence electrons. The number of fused-ring (bicyclic) bond motifs is 3. The highest BCUT2D eigenvalue weighted by Crippen LogP contribution is 2.35. The number of methoxy groups -OCH3 is 1. The van der Waals surface area contributed by atoms with E-state index in [1.165, 1.54) is 0 Å². The number of benzene rings is 1. The molecule has 1 amide bonds. The topological polar surface area (TPSA) is 43.3 Å². The zero-order chi connectivity index (χ0) is 12.0. The van der Waals surface area contributed by atoms with Gasteiger partial charge in [0.25, 0.3) is 5.91 Å². The summed E-state index contributed by atoms with van der Waals surface area (Å²) in [5.74, 6) is 0.582. The summed E-state index contributed by atoms with van der Waals surface area (Å²) in [6.45, 7) is 1.44. The highest BCUT2D eigenvalue weighted by atomic mass is 79.9. The van der Waals surface area contributed by atoms with Gasteiger partial charge in [0.05, 0.1) is 12.6 Å². The fourth-order valence-electron chi connectivity index (χ4n) is 2.33. The summed E-state index contributed by atoms with van der Waals surface area (Å²) in [6, 6.07) is 5.96. The van der Waals surface area contributed by atoms with Crippen molar-refractivity contribution in [3.8, 4) is 5.75 Å². The lowest BCUT2D eigenvalue weighted by molar-refractivity contribution is 0.0925. The molecule has 17 heavy (non-hydrogen) atoms. The number of ether oxygens (including phenoxy) is 1. The Labute approximate surface area is 107 Å². The molecule has 0 unspecified atom stereocenters. The van der Waals surface area contributed by atoms with Crippen LogP contribution in [0.15, 0.2) is 22.7 Å². The maximum absolute atomic E-state index is 11.9. The van der Waals surface area contributed by atoms with E-state index >= 15 is 0 Å². The van der Waals surface area contributed by atoms with Gasteiger partial charge in [-0.3, -0.25) is 4.79 Å². The molecule has 3 rings (SSSR count). The van der Waals surface area contributed by atoms with Crippen LogP contribution in [0.25, 0.3) is 10.9 Å². The molecular formula is C12H11BrN2O2. The van der Waals surface area contributed by atoms with Crippen LogP contribution in [0.5, 0.6) is 5.75 Å². The van der Waals surface area contributed by atoms with Gasteiger partial charge in [0.15, 0.2) is 11.4 Å². The lowest BCUT2D eigenvalue weighted by atomic mass is 10.2. The van der Waals surface area contributed by atoms with E-state index in [0.29, 0.717) is 18.0 Å². The number of rotatable bonds is 1. The zero-order valence-corrected chi connectivity index (χ0v) is 10.9. The fourth-order valence-corrected chi connectivity index (χ4v) is 2.69. The van der Waals surface area contributed by atoms with Crippen LogP contribution >= 0.6 is 15.9 Å². The molecule has 1 aliphatic rings. The van der Waals surface area contributed by atoms with Crippen molar-refractivity contribution in [2.45, 2.75) is 6.54 Å². The SMILES string of the molecule is COc1c2n(c3ccc(Br)cc13)CCNC2=O. The smallest absolute Gasteiger partial charge is 0.271 e. The van der Waals surface area contributed by atoms with Gasteiger partial charge < -0.3 is 14.6 Å². The van der Waals surface area contributed by atoms with E-state index in [-0.39, 0.29) is 5.91 Å². The van der Waals surface area contributed by atoms with Crippen LogP contribution in [0.4, 0.5) is 0 Å². The molecule has 0 saturated heterocycles. The predicted octanol–water partition coefficient (Wildman–Crippen LogP) is 2.16. The van der Waals surface area contributed by atoms with Crippen LogP contribution in [-0.4, -0.2) is 24.1 Å². The van der Waals surface area contributed by atoms with Crippen LogP contribution in [0.3, 0.4) is 0 Å². The second-order valence-corrected chi connectivity index (χ2v) is 4.87. The van der Waals surface area contributed by atoms with Crippen LogP contribution in [-0.2, 0) is 6.54 Å². The molecule has 0 radical (unpaired) electrons. The summed E-state index contributed by atoms with van der Waals surface area (Å²) in [5.41, 5.74) is 1.65. The van der Waals surface area contributed by atoms with Crippen molar-refractivity contribution < 1.29 is 9.53 Å².